The van der Waals surface area contributed by atoms with Crippen LogP contribution in [0.1, 0.15) is 26.3 Å². The van der Waals surface area contributed by atoms with E-state index in [1.807, 2.05) is 24.8 Å². The number of anilines is 1. The van der Waals surface area contributed by atoms with E-state index in [-0.39, 0.29) is 10.6 Å². The second kappa shape index (κ2) is 9.63. The van der Waals surface area contributed by atoms with Crippen molar-refractivity contribution in [3.05, 3.63) is 33.9 Å². The molecule has 0 saturated carbocycles. The second-order valence-corrected chi connectivity index (χ2v) is 5.78. The Hall–Kier alpha value is -1.27. The summed E-state index contributed by atoms with van der Waals surface area (Å²) in [6.07, 6.45) is 0. The number of thioether (sulfide) groups is 1. The van der Waals surface area contributed by atoms with Gasteiger partial charge in [0.15, 0.2) is 0 Å². The number of para-hydroxylation sites is 1. The van der Waals surface area contributed by atoms with Gasteiger partial charge >= 0.3 is 0 Å². The zero-order chi connectivity index (χ0) is 15.7. The first kappa shape index (κ1) is 17.8. The standard InChI is InChI=1S/C15H25N3O2S/c1-4-16-15-13(8-7-9-14(15)18(19)20)12-21-11-10-17(5-2)6-3/h7-9,16H,4-6,10-12H2,1-3H3. The molecule has 0 aliphatic carbocycles. The van der Waals surface area contributed by atoms with Crippen LogP contribution in [0, 0.1) is 10.1 Å². The Morgan fingerprint density at radius 3 is 2.57 bits per heavy atom. The maximum Gasteiger partial charge on any atom is 0.292 e. The fourth-order valence-corrected chi connectivity index (χ4v) is 3.15. The van der Waals surface area contributed by atoms with E-state index in [0.717, 1.165) is 36.7 Å². The maximum atomic E-state index is 11.1. The second-order valence-electron chi connectivity index (χ2n) is 4.68. The normalized spacial score (nSPS) is 10.9. The van der Waals surface area contributed by atoms with Crippen LogP contribution in [0.5, 0.6) is 0 Å². The van der Waals surface area contributed by atoms with Crippen molar-refractivity contribution in [2.75, 3.05) is 37.2 Å². The Morgan fingerprint density at radius 1 is 1.29 bits per heavy atom. The van der Waals surface area contributed by atoms with Crippen molar-refractivity contribution in [1.82, 2.24) is 4.90 Å². The van der Waals surface area contributed by atoms with Crippen molar-refractivity contribution in [3.8, 4) is 0 Å². The molecule has 21 heavy (non-hydrogen) atoms. The first-order chi connectivity index (χ1) is 10.1. The summed E-state index contributed by atoms with van der Waals surface area (Å²) in [5.74, 6) is 1.83. The van der Waals surface area contributed by atoms with Gasteiger partial charge in [-0.15, -0.1) is 0 Å². The lowest BCUT2D eigenvalue weighted by Gasteiger charge is -2.17. The van der Waals surface area contributed by atoms with E-state index in [2.05, 4.69) is 24.1 Å². The fourth-order valence-electron chi connectivity index (χ4n) is 2.16. The summed E-state index contributed by atoms with van der Waals surface area (Å²) in [4.78, 5) is 13.2. The van der Waals surface area contributed by atoms with Crippen molar-refractivity contribution < 1.29 is 4.92 Å². The molecule has 0 aliphatic heterocycles. The van der Waals surface area contributed by atoms with E-state index < -0.39 is 0 Å². The van der Waals surface area contributed by atoms with Crippen LogP contribution in [0.2, 0.25) is 0 Å². The molecule has 0 aliphatic rings. The van der Waals surface area contributed by atoms with Crippen LogP contribution in [0.25, 0.3) is 0 Å². The monoisotopic (exact) mass is 311 g/mol. The van der Waals surface area contributed by atoms with Crippen LogP contribution >= 0.6 is 11.8 Å². The molecule has 1 aromatic carbocycles. The highest BCUT2D eigenvalue weighted by Gasteiger charge is 2.16. The number of hydrogen-bond donors (Lipinski definition) is 1. The van der Waals surface area contributed by atoms with E-state index in [9.17, 15) is 10.1 Å². The third-order valence-corrected chi connectivity index (χ3v) is 4.37. The summed E-state index contributed by atoms with van der Waals surface area (Å²) in [6.45, 7) is 10.2. The first-order valence-corrected chi connectivity index (χ1v) is 8.59. The zero-order valence-electron chi connectivity index (χ0n) is 13.1. The molecule has 0 unspecified atom stereocenters. The van der Waals surface area contributed by atoms with Gasteiger partial charge in [-0.05, 0) is 25.6 Å². The highest BCUT2D eigenvalue weighted by Crippen LogP contribution is 2.30. The van der Waals surface area contributed by atoms with Crippen LogP contribution in [-0.4, -0.2) is 41.8 Å². The lowest BCUT2D eigenvalue weighted by Crippen LogP contribution is -2.25. The largest absolute Gasteiger partial charge is 0.380 e. The van der Waals surface area contributed by atoms with Gasteiger partial charge in [0, 0.05) is 30.7 Å². The number of benzene rings is 1. The smallest absolute Gasteiger partial charge is 0.292 e. The molecule has 0 radical (unpaired) electrons. The van der Waals surface area contributed by atoms with Crippen LogP contribution in [0.4, 0.5) is 11.4 Å². The molecule has 0 fully saturated rings. The van der Waals surface area contributed by atoms with Gasteiger partial charge in [0.2, 0.25) is 0 Å². The van der Waals surface area contributed by atoms with Gasteiger partial charge in [-0.3, -0.25) is 10.1 Å². The molecule has 0 heterocycles. The molecule has 1 aromatic rings. The summed E-state index contributed by atoms with van der Waals surface area (Å²) in [7, 11) is 0. The van der Waals surface area contributed by atoms with Crippen LogP contribution < -0.4 is 5.32 Å². The molecule has 0 aromatic heterocycles. The minimum absolute atomic E-state index is 0.165. The van der Waals surface area contributed by atoms with E-state index in [4.69, 9.17) is 0 Å². The lowest BCUT2D eigenvalue weighted by molar-refractivity contribution is -0.384. The van der Waals surface area contributed by atoms with Crippen LogP contribution in [0.15, 0.2) is 18.2 Å². The molecule has 0 saturated heterocycles. The third kappa shape index (κ3) is 5.55. The van der Waals surface area contributed by atoms with E-state index in [0.29, 0.717) is 12.2 Å². The van der Waals surface area contributed by atoms with Crippen LogP contribution in [-0.2, 0) is 5.75 Å². The Morgan fingerprint density at radius 2 is 2.00 bits per heavy atom. The Labute approximate surface area is 131 Å². The molecular weight excluding hydrogens is 286 g/mol. The van der Waals surface area contributed by atoms with Crippen molar-refractivity contribution in [2.24, 2.45) is 0 Å². The molecule has 0 bridgehead atoms. The molecule has 5 nitrogen and oxygen atoms in total. The van der Waals surface area contributed by atoms with Gasteiger partial charge < -0.3 is 10.2 Å². The van der Waals surface area contributed by atoms with Gasteiger partial charge in [0.1, 0.15) is 5.69 Å². The average molecular weight is 311 g/mol. The van der Waals surface area contributed by atoms with Crippen molar-refractivity contribution in [1.29, 1.82) is 0 Å². The molecule has 1 N–H and O–H groups in total. The highest BCUT2D eigenvalue weighted by atomic mass is 32.2. The summed E-state index contributed by atoms with van der Waals surface area (Å²) in [5.41, 5.74) is 1.84. The molecule has 0 atom stereocenters. The highest BCUT2D eigenvalue weighted by molar-refractivity contribution is 7.98. The number of nitro benzene ring substituents is 1. The van der Waals surface area contributed by atoms with Crippen molar-refractivity contribution in [3.63, 3.8) is 0 Å². The maximum absolute atomic E-state index is 11.1. The van der Waals surface area contributed by atoms with E-state index >= 15 is 0 Å². The average Bonchev–Trinajstić information content (AvgIpc) is 2.48. The Balaban J connectivity index is 2.65. The number of nitro groups is 1. The predicted molar refractivity (Wildman–Crippen MR) is 91.2 cm³/mol. The van der Waals surface area contributed by atoms with Crippen LogP contribution in [0.3, 0.4) is 0 Å². The number of nitrogens with one attached hydrogen (secondary N) is 1. The topological polar surface area (TPSA) is 58.4 Å². The van der Waals surface area contributed by atoms with Gasteiger partial charge in [-0.2, -0.15) is 11.8 Å². The third-order valence-electron chi connectivity index (χ3n) is 3.38. The van der Waals surface area contributed by atoms with Crippen molar-refractivity contribution >= 4 is 23.1 Å². The quantitative estimate of drug-likeness (QED) is 0.406. The first-order valence-electron chi connectivity index (χ1n) is 7.44. The summed E-state index contributed by atoms with van der Waals surface area (Å²) >= 11 is 1.82. The summed E-state index contributed by atoms with van der Waals surface area (Å²) in [5, 5.41) is 14.2. The molecule has 1 rings (SSSR count). The predicted octanol–water partition coefficient (Wildman–Crippen LogP) is 3.60. The van der Waals surface area contributed by atoms with Gasteiger partial charge in [0.25, 0.3) is 5.69 Å². The van der Waals surface area contributed by atoms with Crippen molar-refractivity contribution in [2.45, 2.75) is 26.5 Å². The Kier molecular flexibility index (Phi) is 8.15. The zero-order valence-corrected chi connectivity index (χ0v) is 13.9. The molecule has 6 heteroatoms. The minimum atomic E-state index is -0.317. The fraction of sp³-hybridized carbons (Fsp3) is 0.600. The molecule has 0 amide bonds. The SMILES string of the molecule is CCNc1c(CSCCN(CC)CC)cccc1[N+](=O)[O-]. The molecule has 118 valence electrons. The number of nitrogens with zero attached hydrogens (tertiary/aromatic N) is 2. The van der Waals surface area contributed by atoms with Gasteiger partial charge in [0.05, 0.1) is 4.92 Å². The summed E-state index contributed by atoms with van der Waals surface area (Å²) in [6, 6.07) is 5.29. The summed E-state index contributed by atoms with van der Waals surface area (Å²) < 4.78 is 0. The van der Waals surface area contributed by atoms with Gasteiger partial charge in [-0.25, -0.2) is 0 Å². The lowest BCUT2D eigenvalue weighted by atomic mass is 10.1. The minimum Gasteiger partial charge on any atom is -0.380 e. The van der Waals surface area contributed by atoms with Gasteiger partial charge in [-0.1, -0.05) is 26.0 Å². The van der Waals surface area contributed by atoms with E-state index in [1.165, 1.54) is 0 Å². The molecule has 0 spiro atoms. The van der Waals surface area contributed by atoms with E-state index in [1.54, 1.807) is 12.1 Å². The Bertz CT molecular complexity index is 451. The number of rotatable bonds is 10. The number of hydrogen-bond acceptors (Lipinski definition) is 5. The molecular formula is C15H25N3O2S.